The molecule has 1 amide bonds. The highest BCUT2D eigenvalue weighted by Crippen LogP contribution is 2.20. The summed E-state index contributed by atoms with van der Waals surface area (Å²) in [5, 5.41) is 7.20. The zero-order chi connectivity index (χ0) is 22.6. The lowest BCUT2D eigenvalue weighted by atomic mass is 10.1. The van der Waals surface area contributed by atoms with Gasteiger partial charge in [-0.25, -0.2) is 9.67 Å². The summed E-state index contributed by atoms with van der Waals surface area (Å²) < 4.78 is 9.74. The van der Waals surface area contributed by atoms with E-state index in [0.717, 1.165) is 28.2 Å². The van der Waals surface area contributed by atoms with E-state index < -0.39 is 0 Å². The number of nitrogens with one attached hydrogen (secondary N) is 1. The molecule has 164 valence electrons. The second-order valence-corrected chi connectivity index (χ2v) is 7.74. The minimum Gasteiger partial charge on any atom is -0.486 e. The molecule has 0 spiro atoms. The predicted octanol–water partition coefficient (Wildman–Crippen LogP) is 4.34. The molecule has 0 aliphatic carbocycles. The first kappa shape index (κ1) is 20.5. The summed E-state index contributed by atoms with van der Waals surface area (Å²) in [6.07, 6.45) is 7.53. The fourth-order valence-electron chi connectivity index (χ4n) is 3.67. The number of hydrogen-bond acceptors (Lipinski definition) is 4. The molecule has 0 bridgehead atoms. The Kier molecular flexibility index (Phi) is 5.59. The lowest BCUT2D eigenvalue weighted by Gasteiger charge is -2.11. The number of carbonyl (C=O) groups is 1. The Morgan fingerprint density at radius 2 is 1.85 bits per heavy atom. The van der Waals surface area contributed by atoms with Gasteiger partial charge in [-0.1, -0.05) is 30.3 Å². The molecule has 0 radical (unpaired) electrons. The van der Waals surface area contributed by atoms with Crippen LogP contribution in [0.3, 0.4) is 0 Å². The topological polar surface area (TPSA) is 73.5 Å². The molecular formula is C26H23N5O2. The lowest BCUT2D eigenvalue weighted by Crippen LogP contribution is -2.23. The van der Waals surface area contributed by atoms with Crippen LogP contribution in [0.4, 0.5) is 0 Å². The van der Waals surface area contributed by atoms with Crippen LogP contribution in [-0.4, -0.2) is 25.1 Å². The monoisotopic (exact) mass is 437 g/mol. The molecule has 5 rings (SSSR count). The Morgan fingerprint density at radius 1 is 1.00 bits per heavy atom. The van der Waals surface area contributed by atoms with E-state index in [1.807, 2.05) is 84.5 Å². The first-order valence-electron chi connectivity index (χ1n) is 10.7. The van der Waals surface area contributed by atoms with E-state index in [-0.39, 0.29) is 12.5 Å². The van der Waals surface area contributed by atoms with Crippen LogP contribution in [0.2, 0.25) is 0 Å². The van der Waals surface area contributed by atoms with Crippen molar-refractivity contribution in [2.45, 2.75) is 20.1 Å². The van der Waals surface area contributed by atoms with Crippen molar-refractivity contribution < 1.29 is 9.53 Å². The van der Waals surface area contributed by atoms with Gasteiger partial charge in [0.15, 0.2) is 0 Å². The highest BCUT2D eigenvalue weighted by Gasteiger charge is 2.13. The van der Waals surface area contributed by atoms with E-state index in [9.17, 15) is 4.79 Å². The molecule has 0 atom stereocenters. The van der Waals surface area contributed by atoms with Crippen LogP contribution in [0.25, 0.3) is 11.3 Å². The number of imidazole rings is 1. The van der Waals surface area contributed by atoms with Crippen molar-refractivity contribution in [1.82, 2.24) is 24.5 Å². The molecule has 33 heavy (non-hydrogen) atoms. The fourth-order valence-corrected chi connectivity index (χ4v) is 3.67. The van der Waals surface area contributed by atoms with Gasteiger partial charge < -0.3 is 14.5 Å². The van der Waals surface area contributed by atoms with E-state index in [2.05, 4.69) is 15.4 Å². The summed E-state index contributed by atoms with van der Waals surface area (Å²) in [5.74, 6) is 0.338. The Balaban J connectivity index is 1.24. The Bertz CT molecular complexity index is 1390. The molecule has 0 aliphatic rings. The molecule has 0 aliphatic heterocycles. The molecule has 1 N–H and O–H groups in total. The van der Waals surface area contributed by atoms with Crippen molar-refractivity contribution in [3.8, 4) is 11.4 Å². The maximum atomic E-state index is 12.9. The number of pyridine rings is 1. The van der Waals surface area contributed by atoms with Gasteiger partial charge in [-0.05, 0) is 54.4 Å². The summed E-state index contributed by atoms with van der Waals surface area (Å²) in [7, 11) is 0. The molecule has 0 fully saturated rings. The van der Waals surface area contributed by atoms with Crippen LogP contribution in [-0.2, 0) is 13.2 Å². The zero-order valence-corrected chi connectivity index (χ0v) is 18.2. The third-order valence-electron chi connectivity index (χ3n) is 5.39. The number of benzene rings is 2. The number of hydrogen-bond donors (Lipinski definition) is 1. The molecule has 2 aromatic carbocycles. The minimum absolute atomic E-state index is 0.187. The van der Waals surface area contributed by atoms with Crippen molar-refractivity contribution in [2.75, 3.05) is 0 Å². The quantitative estimate of drug-likeness (QED) is 0.411. The molecule has 0 unspecified atom stereocenters. The number of fused-ring (bicyclic) bond motifs is 1. The normalized spacial score (nSPS) is 10.9. The van der Waals surface area contributed by atoms with Crippen molar-refractivity contribution in [3.63, 3.8) is 0 Å². The van der Waals surface area contributed by atoms with Gasteiger partial charge in [-0.15, -0.1) is 0 Å². The van der Waals surface area contributed by atoms with E-state index >= 15 is 0 Å². The van der Waals surface area contributed by atoms with Gasteiger partial charge in [0, 0.05) is 31.3 Å². The Morgan fingerprint density at radius 3 is 2.64 bits per heavy atom. The number of carbonyl (C=O) groups excluding carboxylic acids is 1. The highest BCUT2D eigenvalue weighted by molar-refractivity contribution is 5.96. The lowest BCUT2D eigenvalue weighted by molar-refractivity contribution is 0.0946. The highest BCUT2D eigenvalue weighted by atomic mass is 16.5. The average molecular weight is 438 g/mol. The van der Waals surface area contributed by atoms with E-state index in [1.165, 1.54) is 0 Å². The van der Waals surface area contributed by atoms with Crippen molar-refractivity contribution in [2.24, 2.45) is 0 Å². The number of ether oxygens (including phenoxy) is 1. The van der Waals surface area contributed by atoms with Crippen LogP contribution >= 0.6 is 0 Å². The summed E-state index contributed by atoms with van der Waals surface area (Å²) in [6, 6.07) is 21.0. The summed E-state index contributed by atoms with van der Waals surface area (Å²) in [5.41, 5.74) is 5.26. The second kappa shape index (κ2) is 9.00. The van der Waals surface area contributed by atoms with Crippen LogP contribution < -0.4 is 10.1 Å². The SMILES string of the molecule is Cc1cccn2cc(COc3ccccc3C(=O)NCc3ccc(-n4cccn4)cc3)nc12. The average Bonchev–Trinajstić information content (AvgIpc) is 3.53. The smallest absolute Gasteiger partial charge is 0.255 e. The molecule has 7 nitrogen and oxygen atoms in total. The van der Waals surface area contributed by atoms with E-state index in [1.54, 1.807) is 23.0 Å². The van der Waals surface area contributed by atoms with Gasteiger partial charge in [0.2, 0.25) is 0 Å². The number of para-hydroxylation sites is 1. The number of amides is 1. The summed E-state index contributed by atoms with van der Waals surface area (Å²) >= 11 is 0. The van der Waals surface area contributed by atoms with Crippen LogP contribution in [0.5, 0.6) is 5.75 Å². The van der Waals surface area contributed by atoms with Gasteiger partial charge in [0.25, 0.3) is 5.91 Å². The van der Waals surface area contributed by atoms with Crippen LogP contribution in [0.1, 0.15) is 27.2 Å². The first-order chi connectivity index (χ1) is 16.2. The number of aromatic nitrogens is 4. The van der Waals surface area contributed by atoms with E-state index in [0.29, 0.717) is 17.9 Å². The fraction of sp³-hybridized carbons (Fsp3) is 0.115. The number of nitrogens with zero attached hydrogens (tertiary/aromatic N) is 4. The van der Waals surface area contributed by atoms with Crippen molar-refractivity contribution >= 4 is 11.6 Å². The molecule has 3 heterocycles. The van der Waals surface area contributed by atoms with Gasteiger partial charge >= 0.3 is 0 Å². The standard InChI is InChI=1S/C26H23N5O2/c1-19-6-4-14-30-17-21(29-25(19)30)18-33-24-8-3-2-7-23(24)26(32)27-16-20-9-11-22(12-10-20)31-15-5-13-28-31/h2-15,17H,16,18H2,1H3,(H,27,32). The second-order valence-electron chi connectivity index (χ2n) is 7.74. The molecular weight excluding hydrogens is 414 g/mol. The number of aryl methyl sites for hydroxylation is 1. The maximum absolute atomic E-state index is 12.9. The van der Waals surface area contributed by atoms with Gasteiger partial charge in [-0.3, -0.25) is 4.79 Å². The molecule has 7 heteroatoms. The molecule has 3 aromatic heterocycles. The predicted molar refractivity (Wildman–Crippen MR) is 125 cm³/mol. The Labute approximate surface area is 191 Å². The largest absolute Gasteiger partial charge is 0.486 e. The molecule has 0 saturated heterocycles. The van der Waals surface area contributed by atoms with Crippen molar-refractivity contribution in [1.29, 1.82) is 0 Å². The maximum Gasteiger partial charge on any atom is 0.255 e. The summed E-state index contributed by atoms with van der Waals surface area (Å²) in [4.78, 5) is 17.5. The van der Waals surface area contributed by atoms with Gasteiger partial charge in [0.1, 0.15) is 18.0 Å². The molecule has 5 aromatic rings. The molecule has 0 saturated carbocycles. The van der Waals surface area contributed by atoms with Crippen molar-refractivity contribution in [3.05, 3.63) is 114 Å². The van der Waals surface area contributed by atoms with E-state index in [4.69, 9.17) is 4.74 Å². The summed E-state index contributed by atoms with van der Waals surface area (Å²) in [6.45, 7) is 2.72. The minimum atomic E-state index is -0.187. The first-order valence-corrected chi connectivity index (χ1v) is 10.7. The zero-order valence-electron chi connectivity index (χ0n) is 18.2. The van der Waals surface area contributed by atoms with Crippen LogP contribution in [0, 0.1) is 6.92 Å². The van der Waals surface area contributed by atoms with Gasteiger partial charge in [-0.2, -0.15) is 5.10 Å². The van der Waals surface area contributed by atoms with Gasteiger partial charge in [0.05, 0.1) is 16.9 Å². The van der Waals surface area contributed by atoms with Crippen LogP contribution in [0.15, 0.2) is 91.5 Å². The third kappa shape index (κ3) is 4.48. The number of rotatable bonds is 7. The third-order valence-corrected chi connectivity index (χ3v) is 5.39. The Hall–Kier alpha value is -4.39.